The smallest absolute Gasteiger partial charge is 0.250 e. The van der Waals surface area contributed by atoms with Gasteiger partial charge in [0, 0.05) is 48.6 Å². The maximum absolute atomic E-state index is 13.9. The number of aromatic nitrogens is 4. The molecule has 1 aliphatic rings. The van der Waals surface area contributed by atoms with Crippen molar-refractivity contribution in [1.82, 2.24) is 18.9 Å². The summed E-state index contributed by atoms with van der Waals surface area (Å²) in [5.74, 6) is -3.20. The van der Waals surface area contributed by atoms with E-state index in [2.05, 4.69) is 9.97 Å². The van der Waals surface area contributed by atoms with Crippen LogP contribution in [0.4, 0.5) is 13.2 Å². The third-order valence-electron chi connectivity index (χ3n) is 5.42. The monoisotopic (exact) mass is 416 g/mol. The standard InChI is InChI=1S/C21H16ClF3N4/c22-16-9-13(1-3-17(16)23)19-20(14-2-4-18-26-7-8-28(18)11-14)29(12-27-19)15-5-6-21(24,25)10-15/h1-4,7-9,11-12,15H,5-6,10H2/t15-/m1/s1. The summed E-state index contributed by atoms with van der Waals surface area (Å²) in [6, 6.07) is 7.76. The molecule has 1 aromatic carbocycles. The highest BCUT2D eigenvalue weighted by Gasteiger charge is 2.41. The molecule has 3 heterocycles. The van der Waals surface area contributed by atoms with Crippen molar-refractivity contribution in [2.24, 2.45) is 0 Å². The van der Waals surface area contributed by atoms with Gasteiger partial charge in [-0.1, -0.05) is 11.6 Å². The van der Waals surface area contributed by atoms with Gasteiger partial charge in [-0.15, -0.1) is 0 Å². The Balaban J connectivity index is 1.70. The Labute approximate surface area is 169 Å². The number of halogens is 4. The molecule has 4 aromatic rings. The molecular formula is C21H16ClF3N4. The number of benzene rings is 1. The number of fused-ring (bicyclic) bond motifs is 1. The van der Waals surface area contributed by atoms with Gasteiger partial charge in [-0.2, -0.15) is 0 Å². The molecule has 1 aliphatic carbocycles. The van der Waals surface area contributed by atoms with E-state index in [1.165, 1.54) is 12.1 Å². The Hall–Kier alpha value is -2.80. The molecule has 148 valence electrons. The summed E-state index contributed by atoms with van der Waals surface area (Å²) in [6.07, 6.45) is 6.98. The number of alkyl halides is 2. The van der Waals surface area contributed by atoms with Crippen molar-refractivity contribution in [1.29, 1.82) is 0 Å². The molecule has 0 saturated heterocycles. The number of hydrogen-bond donors (Lipinski definition) is 0. The number of imidazole rings is 2. The van der Waals surface area contributed by atoms with Gasteiger partial charge in [0.05, 0.1) is 22.7 Å². The molecule has 4 nitrogen and oxygen atoms in total. The van der Waals surface area contributed by atoms with Crippen LogP contribution >= 0.6 is 11.6 Å². The van der Waals surface area contributed by atoms with Crippen molar-refractivity contribution >= 4 is 17.2 Å². The Morgan fingerprint density at radius 1 is 1.10 bits per heavy atom. The summed E-state index contributed by atoms with van der Waals surface area (Å²) < 4.78 is 45.1. The molecular weight excluding hydrogens is 401 g/mol. The molecule has 0 bridgehead atoms. The van der Waals surface area contributed by atoms with Gasteiger partial charge in [0.1, 0.15) is 11.5 Å². The zero-order valence-corrected chi connectivity index (χ0v) is 16.0. The lowest BCUT2D eigenvalue weighted by molar-refractivity contribution is 0.00569. The van der Waals surface area contributed by atoms with E-state index in [4.69, 9.17) is 11.6 Å². The van der Waals surface area contributed by atoms with E-state index >= 15 is 0 Å². The maximum Gasteiger partial charge on any atom is 0.250 e. The summed E-state index contributed by atoms with van der Waals surface area (Å²) in [7, 11) is 0. The molecule has 29 heavy (non-hydrogen) atoms. The quantitative estimate of drug-likeness (QED) is 0.409. The lowest BCUT2D eigenvalue weighted by Crippen LogP contribution is -2.12. The Kier molecular flexibility index (Phi) is 4.17. The SMILES string of the molecule is Fc1ccc(-c2ncn([C@@H]3CCC(F)(F)C3)c2-c2ccc3nccn3c2)cc1Cl. The van der Waals surface area contributed by atoms with Crippen molar-refractivity contribution in [2.45, 2.75) is 31.2 Å². The second-order valence-corrected chi connectivity index (χ2v) is 7.75. The first kappa shape index (κ1) is 18.2. The van der Waals surface area contributed by atoms with Crippen LogP contribution < -0.4 is 0 Å². The molecule has 0 spiro atoms. The van der Waals surface area contributed by atoms with E-state index in [0.717, 1.165) is 11.2 Å². The van der Waals surface area contributed by atoms with Crippen molar-refractivity contribution < 1.29 is 13.2 Å². The largest absolute Gasteiger partial charge is 0.327 e. The van der Waals surface area contributed by atoms with Crippen molar-refractivity contribution in [3.05, 3.63) is 66.1 Å². The predicted octanol–water partition coefficient (Wildman–Crippen LogP) is 6.02. The van der Waals surface area contributed by atoms with Crippen molar-refractivity contribution in [2.75, 3.05) is 0 Å². The lowest BCUT2D eigenvalue weighted by atomic mass is 10.0. The number of hydrogen-bond acceptors (Lipinski definition) is 2. The van der Waals surface area contributed by atoms with Crippen LogP contribution in [0, 0.1) is 5.82 Å². The van der Waals surface area contributed by atoms with Gasteiger partial charge in [-0.05, 0) is 36.8 Å². The van der Waals surface area contributed by atoms with Gasteiger partial charge < -0.3 is 8.97 Å². The van der Waals surface area contributed by atoms with Gasteiger partial charge in [0.25, 0.3) is 0 Å². The first-order chi connectivity index (χ1) is 13.9. The van der Waals surface area contributed by atoms with E-state index in [-0.39, 0.29) is 23.9 Å². The molecule has 0 radical (unpaired) electrons. The minimum Gasteiger partial charge on any atom is -0.327 e. The Morgan fingerprint density at radius 3 is 2.69 bits per heavy atom. The first-order valence-electron chi connectivity index (χ1n) is 9.24. The first-order valence-corrected chi connectivity index (χ1v) is 9.62. The van der Waals surface area contributed by atoms with Crippen LogP contribution in [0.15, 0.2) is 55.2 Å². The zero-order chi connectivity index (χ0) is 20.2. The highest BCUT2D eigenvalue weighted by molar-refractivity contribution is 6.31. The Morgan fingerprint density at radius 2 is 1.93 bits per heavy atom. The summed E-state index contributed by atoms with van der Waals surface area (Å²) in [5.41, 5.74) is 3.48. The number of pyridine rings is 1. The van der Waals surface area contributed by atoms with E-state index in [1.807, 2.05) is 33.5 Å². The minimum atomic E-state index is -2.68. The van der Waals surface area contributed by atoms with Gasteiger partial charge in [-0.25, -0.2) is 23.1 Å². The van der Waals surface area contributed by atoms with Crippen LogP contribution in [-0.2, 0) is 0 Å². The van der Waals surface area contributed by atoms with E-state index in [9.17, 15) is 13.2 Å². The molecule has 8 heteroatoms. The van der Waals surface area contributed by atoms with Crippen LogP contribution in [0.2, 0.25) is 5.02 Å². The predicted molar refractivity (Wildman–Crippen MR) is 105 cm³/mol. The fourth-order valence-corrected chi connectivity index (χ4v) is 4.18. The van der Waals surface area contributed by atoms with Crippen LogP contribution in [0.3, 0.4) is 0 Å². The fraction of sp³-hybridized carbons (Fsp3) is 0.238. The van der Waals surface area contributed by atoms with Crippen LogP contribution in [0.1, 0.15) is 25.3 Å². The highest BCUT2D eigenvalue weighted by atomic mass is 35.5. The number of nitrogens with zero attached hydrogens (tertiary/aromatic N) is 4. The van der Waals surface area contributed by atoms with E-state index in [1.54, 1.807) is 18.6 Å². The normalized spacial score (nSPS) is 18.6. The molecule has 3 aromatic heterocycles. The lowest BCUT2D eigenvalue weighted by Gasteiger charge is -2.17. The van der Waals surface area contributed by atoms with Gasteiger partial charge in [0.15, 0.2) is 0 Å². The maximum atomic E-state index is 13.9. The van der Waals surface area contributed by atoms with Gasteiger partial charge >= 0.3 is 0 Å². The van der Waals surface area contributed by atoms with Gasteiger partial charge in [-0.3, -0.25) is 0 Å². The Bertz CT molecular complexity index is 1210. The topological polar surface area (TPSA) is 35.1 Å². The van der Waals surface area contributed by atoms with E-state index in [0.29, 0.717) is 23.4 Å². The van der Waals surface area contributed by atoms with Crippen LogP contribution in [0.5, 0.6) is 0 Å². The zero-order valence-electron chi connectivity index (χ0n) is 15.2. The molecule has 5 rings (SSSR count). The van der Waals surface area contributed by atoms with Crippen LogP contribution in [0.25, 0.3) is 28.2 Å². The van der Waals surface area contributed by atoms with Crippen molar-refractivity contribution in [3.8, 4) is 22.5 Å². The summed E-state index contributed by atoms with van der Waals surface area (Å²) >= 11 is 5.98. The minimum absolute atomic E-state index is 0.0135. The average Bonchev–Trinajstić information content (AvgIpc) is 3.40. The summed E-state index contributed by atoms with van der Waals surface area (Å²) in [4.78, 5) is 8.75. The molecule has 0 N–H and O–H groups in total. The molecule has 0 amide bonds. The van der Waals surface area contributed by atoms with E-state index < -0.39 is 11.7 Å². The van der Waals surface area contributed by atoms with Crippen molar-refractivity contribution in [3.63, 3.8) is 0 Å². The summed E-state index contributed by atoms with van der Waals surface area (Å²) in [6.45, 7) is 0. The molecule has 1 atom stereocenters. The number of rotatable bonds is 3. The molecule has 0 aliphatic heterocycles. The second-order valence-electron chi connectivity index (χ2n) is 7.34. The van der Waals surface area contributed by atoms with Crippen LogP contribution in [-0.4, -0.2) is 24.9 Å². The molecule has 1 fully saturated rings. The second kappa shape index (κ2) is 6.62. The average molecular weight is 417 g/mol. The third-order valence-corrected chi connectivity index (χ3v) is 5.71. The third kappa shape index (κ3) is 3.19. The highest BCUT2D eigenvalue weighted by Crippen LogP contribution is 2.44. The summed E-state index contributed by atoms with van der Waals surface area (Å²) in [5, 5.41) is -0.0135. The molecule has 1 saturated carbocycles. The van der Waals surface area contributed by atoms with Gasteiger partial charge in [0.2, 0.25) is 5.92 Å². The molecule has 0 unspecified atom stereocenters. The fourth-order valence-electron chi connectivity index (χ4n) is 4.00.